The fraction of sp³-hybridized carbons (Fsp3) is 0.640. The van der Waals surface area contributed by atoms with E-state index in [1.54, 1.807) is 13.8 Å². The predicted octanol–water partition coefficient (Wildman–Crippen LogP) is 3.60. The molecule has 0 radical (unpaired) electrons. The van der Waals surface area contributed by atoms with Gasteiger partial charge in [0.1, 0.15) is 11.9 Å². The van der Waals surface area contributed by atoms with Gasteiger partial charge < -0.3 is 25.3 Å². The quantitative estimate of drug-likeness (QED) is 0.287. The number of nitrogens with zero attached hydrogens (tertiary/aromatic N) is 3. The largest absolute Gasteiger partial charge is 0.461 e. The molecule has 0 saturated heterocycles. The summed E-state index contributed by atoms with van der Waals surface area (Å²) in [6, 6.07) is 4.61. The molecule has 35 heavy (non-hydrogen) atoms. The minimum absolute atomic E-state index is 0.214. The van der Waals surface area contributed by atoms with Crippen LogP contribution in [0.2, 0.25) is 0 Å². The van der Waals surface area contributed by atoms with Gasteiger partial charge in [0.25, 0.3) is 0 Å². The van der Waals surface area contributed by atoms with Crippen LogP contribution in [-0.4, -0.2) is 64.5 Å². The van der Waals surface area contributed by atoms with Gasteiger partial charge in [-0.1, -0.05) is 13.8 Å². The van der Waals surface area contributed by atoms with E-state index in [0.717, 1.165) is 22.5 Å². The van der Waals surface area contributed by atoms with Crippen LogP contribution in [0.3, 0.4) is 0 Å². The van der Waals surface area contributed by atoms with Gasteiger partial charge in [0, 0.05) is 44.0 Å². The second-order valence-electron chi connectivity index (χ2n) is 9.45. The number of aromatic nitrogens is 2. The maximum Gasteiger partial charge on any atom is 0.328 e. The molecule has 0 spiro atoms. The number of carbonyl (C=O) groups is 2. The average Bonchev–Trinajstić information content (AvgIpc) is 3.10. The number of anilines is 1. The van der Waals surface area contributed by atoms with Crippen molar-refractivity contribution in [3.05, 3.63) is 24.0 Å². The molecular weight excluding hydrogens is 489 g/mol. The van der Waals surface area contributed by atoms with Crippen LogP contribution in [0.25, 0.3) is 11.0 Å². The number of hydrogen-bond acceptors (Lipinski definition) is 6. The predicted molar refractivity (Wildman–Crippen MR) is 143 cm³/mol. The molecule has 1 amide bonds. The molecule has 2 atom stereocenters. The van der Waals surface area contributed by atoms with Crippen LogP contribution in [0.1, 0.15) is 46.4 Å². The summed E-state index contributed by atoms with van der Waals surface area (Å²) in [5.41, 5.74) is 9.06. The summed E-state index contributed by atoms with van der Waals surface area (Å²) >= 11 is 11.9. The van der Waals surface area contributed by atoms with Crippen molar-refractivity contribution >= 4 is 51.8 Å². The third-order valence-electron chi connectivity index (χ3n) is 5.71. The summed E-state index contributed by atoms with van der Waals surface area (Å²) in [7, 11) is 1.95. The van der Waals surface area contributed by atoms with E-state index < -0.39 is 18.1 Å². The van der Waals surface area contributed by atoms with Crippen molar-refractivity contribution < 1.29 is 14.3 Å². The average molecular weight is 529 g/mol. The summed E-state index contributed by atoms with van der Waals surface area (Å²) in [5.74, 6) is 1.27. The molecule has 0 saturated carbocycles. The van der Waals surface area contributed by atoms with E-state index in [1.165, 1.54) is 0 Å². The van der Waals surface area contributed by atoms with Crippen LogP contribution in [0.15, 0.2) is 18.2 Å². The minimum atomic E-state index is -0.769. The first-order valence-corrected chi connectivity index (χ1v) is 13.2. The Morgan fingerprint density at radius 3 is 2.40 bits per heavy atom. The normalized spacial score (nSPS) is 13.3. The highest BCUT2D eigenvalue weighted by atomic mass is 35.5. The second-order valence-corrected chi connectivity index (χ2v) is 10.2. The molecule has 1 aromatic heterocycles. The smallest absolute Gasteiger partial charge is 0.328 e. The lowest BCUT2D eigenvalue weighted by Crippen LogP contribution is -2.49. The van der Waals surface area contributed by atoms with Gasteiger partial charge in [0.05, 0.1) is 23.2 Å². The Balaban J connectivity index is 2.07. The lowest BCUT2D eigenvalue weighted by molar-refractivity contribution is -0.152. The molecule has 196 valence electrons. The highest BCUT2D eigenvalue weighted by molar-refractivity contribution is 6.18. The zero-order chi connectivity index (χ0) is 26.1. The van der Waals surface area contributed by atoms with E-state index in [-0.39, 0.29) is 17.9 Å². The number of benzene rings is 1. The van der Waals surface area contributed by atoms with Crippen molar-refractivity contribution in [2.45, 2.75) is 65.1 Å². The number of amides is 1. The monoisotopic (exact) mass is 527 g/mol. The topological polar surface area (TPSA) is 102 Å². The fourth-order valence-electron chi connectivity index (χ4n) is 3.93. The molecule has 8 nitrogen and oxygen atoms in total. The zero-order valence-corrected chi connectivity index (χ0v) is 22.9. The third kappa shape index (κ3) is 8.54. The molecule has 2 aromatic rings. The molecule has 10 heteroatoms. The zero-order valence-electron chi connectivity index (χ0n) is 21.4. The molecule has 1 heterocycles. The molecule has 2 rings (SSSR count). The number of fused-ring (bicyclic) bond motifs is 1. The van der Waals surface area contributed by atoms with Gasteiger partial charge >= 0.3 is 5.97 Å². The Morgan fingerprint density at radius 2 is 1.83 bits per heavy atom. The molecule has 0 bridgehead atoms. The van der Waals surface area contributed by atoms with Crippen LogP contribution in [-0.2, 0) is 27.8 Å². The Bertz CT molecular complexity index is 973. The van der Waals surface area contributed by atoms with E-state index in [0.29, 0.717) is 44.1 Å². The maximum absolute atomic E-state index is 12.7. The Morgan fingerprint density at radius 1 is 1.17 bits per heavy atom. The molecule has 0 aliphatic carbocycles. The van der Waals surface area contributed by atoms with E-state index in [9.17, 15) is 9.59 Å². The van der Waals surface area contributed by atoms with Gasteiger partial charge in [-0.3, -0.25) is 4.79 Å². The number of rotatable bonds is 14. The third-order valence-corrected chi connectivity index (χ3v) is 6.04. The molecule has 0 unspecified atom stereocenters. The molecule has 1 aromatic carbocycles. The van der Waals surface area contributed by atoms with Crippen molar-refractivity contribution in [3.8, 4) is 0 Å². The number of nitrogens with two attached hydrogens (primary N) is 1. The number of carbonyl (C=O) groups excluding carboxylic acids is 2. The summed E-state index contributed by atoms with van der Waals surface area (Å²) in [5, 5.41) is 2.78. The van der Waals surface area contributed by atoms with Crippen molar-refractivity contribution in [1.82, 2.24) is 14.9 Å². The van der Waals surface area contributed by atoms with E-state index in [1.807, 2.05) is 43.7 Å². The van der Waals surface area contributed by atoms with Crippen molar-refractivity contribution in [3.63, 3.8) is 0 Å². The first kappa shape index (κ1) is 29.2. The summed E-state index contributed by atoms with van der Waals surface area (Å²) in [6.45, 7) is 8.95. The molecule has 3 N–H and O–H groups in total. The van der Waals surface area contributed by atoms with Crippen LogP contribution in [0.5, 0.6) is 0 Å². The highest BCUT2D eigenvalue weighted by Crippen LogP contribution is 2.23. The van der Waals surface area contributed by atoms with E-state index in [2.05, 4.69) is 10.2 Å². The van der Waals surface area contributed by atoms with Gasteiger partial charge in [0.2, 0.25) is 5.91 Å². The number of hydrogen-bond donors (Lipinski definition) is 2. The Kier molecular flexibility index (Phi) is 11.6. The number of esters is 1. The van der Waals surface area contributed by atoms with Gasteiger partial charge in [0.15, 0.2) is 0 Å². The first-order valence-electron chi connectivity index (χ1n) is 12.2. The molecule has 0 aliphatic rings. The fourth-order valence-corrected chi connectivity index (χ4v) is 4.33. The van der Waals surface area contributed by atoms with Crippen LogP contribution in [0, 0.1) is 5.92 Å². The number of alkyl halides is 2. The lowest BCUT2D eigenvalue weighted by atomic mass is 10.0. The van der Waals surface area contributed by atoms with Crippen molar-refractivity contribution in [2.24, 2.45) is 18.7 Å². The van der Waals surface area contributed by atoms with Crippen molar-refractivity contribution in [2.75, 3.05) is 29.7 Å². The van der Waals surface area contributed by atoms with Gasteiger partial charge in [-0.15, -0.1) is 23.2 Å². The SMILES string of the molecule is CC(C)C[C@H](NC(=O)[C@@H](N)CCc1nc2cc(N(CCCl)CCCl)ccc2n1C)C(=O)OC(C)C. The highest BCUT2D eigenvalue weighted by Gasteiger charge is 2.26. The standard InChI is InChI=1S/C25H39Cl2N5O3/c1-16(2)14-21(25(34)35-17(3)4)30-24(33)19(28)7-9-23-29-20-15-18(6-8-22(20)31(23)5)32(12-10-26)13-11-27/h6,8,15-17,19,21H,7,9-14,28H2,1-5H3,(H,30,33)/t19-,21-/m0/s1. The lowest BCUT2D eigenvalue weighted by Gasteiger charge is -2.22. The number of ether oxygens (including phenoxy) is 1. The second kappa shape index (κ2) is 13.9. The van der Waals surface area contributed by atoms with Crippen molar-refractivity contribution in [1.29, 1.82) is 0 Å². The van der Waals surface area contributed by atoms with Crippen LogP contribution >= 0.6 is 23.2 Å². The first-order chi connectivity index (χ1) is 16.6. The number of nitrogens with one attached hydrogen (secondary N) is 1. The maximum atomic E-state index is 12.7. The van der Waals surface area contributed by atoms with Crippen LogP contribution < -0.4 is 16.0 Å². The molecule has 0 fully saturated rings. The van der Waals surface area contributed by atoms with E-state index >= 15 is 0 Å². The summed E-state index contributed by atoms with van der Waals surface area (Å²) in [4.78, 5) is 32.1. The molecule has 0 aliphatic heterocycles. The molecular formula is C25H39Cl2N5O3. The minimum Gasteiger partial charge on any atom is -0.461 e. The Hall–Kier alpha value is -2.03. The summed E-state index contributed by atoms with van der Waals surface area (Å²) in [6.07, 6.45) is 1.15. The number of halogens is 2. The number of aryl methyl sites for hydroxylation is 2. The van der Waals surface area contributed by atoms with Crippen LogP contribution in [0.4, 0.5) is 5.69 Å². The summed E-state index contributed by atoms with van der Waals surface area (Å²) < 4.78 is 7.32. The van der Waals surface area contributed by atoms with Gasteiger partial charge in [-0.05, 0) is 50.8 Å². The van der Waals surface area contributed by atoms with Gasteiger partial charge in [-0.25, -0.2) is 9.78 Å². The van der Waals surface area contributed by atoms with E-state index in [4.69, 9.17) is 38.7 Å². The number of imidazole rings is 1. The Labute approximate surface area is 218 Å². The van der Waals surface area contributed by atoms with Gasteiger partial charge in [-0.2, -0.15) is 0 Å².